The highest BCUT2D eigenvalue weighted by atomic mass is 16.7. The quantitative estimate of drug-likeness (QED) is 0.310. The minimum atomic E-state index is -0.262. The van der Waals surface area contributed by atoms with Crippen LogP contribution in [0.25, 0.3) is 0 Å². The number of nitrogens with zero attached hydrogens (tertiary/aromatic N) is 1. The van der Waals surface area contributed by atoms with Crippen LogP contribution in [0.1, 0.15) is 51.3 Å². The normalized spacial score (nSPS) is 13.1. The van der Waals surface area contributed by atoms with E-state index in [0.717, 1.165) is 36.2 Å². The Kier molecular flexibility index (Phi) is 9.38. The number of quaternary nitrogens is 1. The smallest absolute Gasteiger partial charge is 0.197 e. The first kappa shape index (κ1) is 24.4. The summed E-state index contributed by atoms with van der Waals surface area (Å²) >= 11 is 0. The van der Waals surface area contributed by atoms with E-state index in [1.165, 1.54) is 16.7 Å². The van der Waals surface area contributed by atoms with E-state index in [0.29, 0.717) is 18.4 Å². The third-order valence-electron chi connectivity index (χ3n) is 5.27. The zero-order valence-electron chi connectivity index (χ0n) is 20.2. The zero-order chi connectivity index (χ0) is 22.1. The zero-order valence-corrected chi connectivity index (χ0v) is 20.2. The Hall–Kier alpha value is -1.84. The topological polar surface area (TPSA) is 18.5 Å². The maximum absolute atomic E-state index is 6.27. The van der Waals surface area contributed by atoms with Crippen molar-refractivity contribution in [1.82, 2.24) is 0 Å². The molecule has 0 fully saturated rings. The van der Waals surface area contributed by atoms with E-state index in [4.69, 9.17) is 9.47 Å². The summed E-state index contributed by atoms with van der Waals surface area (Å²) in [5.41, 5.74) is 4.10. The molecule has 1 unspecified atom stereocenters. The van der Waals surface area contributed by atoms with Gasteiger partial charge in [0.2, 0.25) is 0 Å². The molecule has 0 aliphatic rings. The third kappa shape index (κ3) is 8.49. The number of benzene rings is 2. The van der Waals surface area contributed by atoms with Gasteiger partial charge >= 0.3 is 0 Å². The van der Waals surface area contributed by atoms with E-state index >= 15 is 0 Å². The van der Waals surface area contributed by atoms with Crippen LogP contribution in [0.4, 0.5) is 0 Å². The standard InChI is InChI=1S/C27H42NO2/c1-21(2)18-25-14-11-15-27(26(25)19-22(3)4)30-23(5)29-17-16-28(6,7)20-24-12-9-8-10-13-24/h8-15,21-23H,16-20H2,1-7H3/q+1. The third-order valence-corrected chi connectivity index (χ3v) is 5.27. The number of hydrogen-bond donors (Lipinski definition) is 0. The highest BCUT2D eigenvalue weighted by Gasteiger charge is 2.18. The summed E-state index contributed by atoms with van der Waals surface area (Å²) in [4.78, 5) is 0. The van der Waals surface area contributed by atoms with E-state index in [1.54, 1.807) is 0 Å². The molecule has 0 spiro atoms. The van der Waals surface area contributed by atoms with Crippen molar-refractivity contribution in [2.45, 2.75) is 60.3 Å². The maximum Gasteiger partial charge on any atom is 0.197 e. The molecular weight excluding hydrogens is 370 g/mol. The van der Waals surface area contributed by atoms with Crippen molar-refractivity contribution in [2.24, 2.45) is 11.8 Å². The first-order chi connectivity index (χ1) is 14.2. The van der Waals surface area contributed by atoms with E-state index in [-0.39, 0.29) is 6.29 Å². The molecule has 166 valence electrons. The molecule has 0 aliphatic carbocycles. The lowest BCUT2D eigenvalue weighted by atomic mass is 9.92. The van der Waals surface area contributed by atoms with Gasteiger partial charge in [0.05, 0.1) is 20.7 Å². The highest BCUT2D eigenvalue weighted by Crippen LogP contribution is 2.28. The van der Waals surface area contributed by atoms with Gasteiger partial charge in [0, 0.05) is 5.56 Å². The molecule has 2 rings (SSSR count). The van der Waals surface area contributed by atoms with Gasteiger partial charge in [-0.3, -0.25) is 0 Å². The Morgan fingerprint density at radius 2 is 1.47 bits per heavy atom. The van der Waals surface area contributed by atoms with Crippen LogP contribution in [-0.4, -0.2) is 38.0 Å². The van der Waals surface area contributed by atoms with E-state index < -0.39 is 0 Å². The summed E-state index contributed by atoms with van der Waals surface area (Å²) in [6.45, 7) is 13.7. The predicted molar refractivity (Wildman–Crippen MR) is 127 cm³/mol. The minimum Gasteiger partial charge on any atom is -0.465 e. The number of likely N-dealkylation sites (N-methyl/N-ethyl adjacent to an activating group) is 1. The number of ether oxygens (including phenoxy) is 2. The lowest BCUT2D eigenvalue weighted by Crippen LogP contribution is -2.42. The summed E-state index contributed by atoms with van der Waals surface area (Å²) < 4.78 is 13.2. The van der Waals surface area contributed by atoms with Gasteiger partial charge in [-0.1, -0.05) is 70.2 Å². The Labute approximate surface area is 184 Å². The summed E-state index contributed by atoms with van der Waals surface area (Å²) in [6.07, 6.45) is 1.85. The number of hydrogen-bond acceptors (Lipinski definition) is 2. The van der Waals surface area contributed by atoms with Gasteiger partial charge in [0.15, 0.2) is 6.29 Å². The lowest BCUT2D eigenvalue weighted by molar-refractivity contribution is -0.904. The van der Waals surface area contributed by atoms with Crippen molar-refractivity contribution < 1.29 is 14.0 Å². The molecule has 0 aliphatic heterocycles. The van der Waals surface area contributed by atoms with Crippen molar-refractivity contribution in [2.75, 3.05) is 27.2 Å². The molecule has 0 amide bonds. The van der Waals surface area contributed by atoms with Gasteiger partial charge < -0.3 is 14.0 Å². The van der Waals surface area contributed by atoms with E-state index in [2.05, 4.69) is 90.3 Å². The minimum absolute atomic E-state index is 0.262. The van der Waals surface area contributed by atoms with Crippen LogP contribution in [0, 0.1) is 11.8 Å². The van der Waals surface area contributed by atoms with E-state index in [1.807, 2.05) is 6.92 Å². The van der Waals surface area contributed by atoms with Crippen LogP contribution in [0.3, 0.4) is 0 Å². The van der Waals surface area contributed by atoms with Crippen LogP contribution in [-0.2, 0) is 24.1 Å². The molecule has 0 heterocycles. The summed E-state index contributed by atoms with van der Waals surface area (Å²) in [5, 5.41) is 0. The van der Waals surface area contributed by atoms with Gasteiger partial charge in [0.1, 0.15) is 18.8 Å². The molecule has 30 heavy (non-hydrogen) atoms. The first-order valence-electron chi connectivity index (χ1n) is 11.4. The second-order valence-corrected chi connectivity index (χ2v) is 9.95. The van der Waals surface area contributed by atoms with Gasteiger partial charge in [0.25, 0.3) is 0 Å². The van der Waals surface area contributed by atoms with E-state index in [9.17, 15) is 0 Å². The second kappa shape index (κ2) is 11.5. The lowest BCUT2D eigenvalue weighted by Gasteiger charge is -2.30. The molecule has 2 aromatic carbocycles. The molecule has 2 aromatic rings. The molecule has 0 saturated heterocycles. The van der Waals surface area contributed by atoms with Crippen LogP contribution >= 0.6 is 0 Å². The molecule has 0 N–H and O–H groups in total. The van der Waals surface area contributed by atoms with Gasteiger partial charge in [-0.15, -0.1) is 0 Å². The van der Waals surface area contributed by atoms with Crippen molar-refractivity contribution in [3.8, 4) is 5.75 Å². The molecule has 0 saturated carbocycles. The highest BCUT2D eigenvalue weighted by molar-refractivity contribution is 5.41. The Morgan fingerprint density at radius 3 is 2.10 bits per heavy atom. The summed E-state index contributed by atoms with van der Waals surface area (Å²) in [6, 6.07) is 17.1. The maximum atomic E-state index is 6.27. The molecule has 3 nitrogen and oxygen atoms in total. The van der Waals surface area contributed by atoms with Crippen molar-refractivity contribution >= 4 is 0 Å². The van der Waals surface area contributed by atoms with Crippen LogP contribution < -0.4 is 4.74 Å². The number of rotatable bonds is 12. The van der Waals surface area contributed by atoms with Crippen molar-refractivity contribution in [1.29, 1.82) is 0 Å². The Balaban J connectivity index is 1.94. The summed E-state index contributed by atoms with van der Waals surface area (Å²) in [5.74, 6) is 2.20. The molecule has 0 bridgehead atoms. The van der Waals surface area contributed by atoms with Crippen LogP contribution in [0.5, 0.6) is 5.75 Å². The largest absolute Gasteiger partial charge is 0.465 e. The van der Waals surface area contributed by atoms with Gasteiger partial charge in [-0.25, -0.2) is 0 Å². The molecule has 0 radical (unpaired) electrons. The average molecular weight is 413 g/mol. The van der Waals surface area contributed by atoms with Crippen molar-refractivity contribution in [3.05, 3.63) is 65.2 Å². The monoisotopic (exact) mass is 412 g/mol. The molecular formula is C27H42NO2+. The van der Waals surface area contributed by atoms with Gasteiger partial charge in [-0.05, 0) is 48.8 Å². The summed E-state index contributed by atoms with van der Waals surface area (Å²) in [7, 11) is 4.50. The Morgan fingerprint density at radius 1 is 0.800 bits per heavy atom. The predicted octanol–water partition coefficient (Wildman–Crippen LogP) is 6.10. The average Bonchev–Trinajstić information content (AvgIpc) is 2.64. The first-order valence-corrected chi connectivity index (χ1v) is 11.4. The fourth-order valence-electron chi connectivity index (χ4n) is 3.83. The molecule has 1 atom stereocenters. The fourth-order valence-corrected chi connectivity index (χ4v) is 3.83. The molecule has 0 aromatic heterocycles. The van der Waals surface area contributed by atoms with Crippen LogP contribution in [0.2, 0.25) is 0 Å². The fraction of sp³-hybridized carbons (Fsp3) is 0.556. The van der Waals surface area contributed by atoms with Crippen LogP contribution in [0.15, 0.2) is 48.5 Å². The molecule has 3 heteroatoms. The Bertz CT molecular complexity index is 753. The SMILES string of the molecule is CC(C)Cc1cccc(OC(C)OCC[N+](C)(C)Cc2ccccc2)c1CC(C)C. The van der Waals surface area contributed by atoms with Gasteiger partial charge in [-0.2, -0.15) is 0 Å². The second-order valence-electron chi connectivity index (χ2n) is 9.95. The van der Waals surface area contributed by atoms with Crippen molar-refractivity contribution in [3.63, 3.8) is 0 Å².